The van der Waals surface area contributed by atoms with Gasteiger partial charge in [-0.3, -0.25) is 0 Å². The molecule has 2 aromatic rings. The molecular formula is C22H16O8. The van der Waals surface area contributed by atoms with Crippen LogP contribution in [0.25, 0.3) is 0 Å². The minimum absolute atomic E-state index is 0.0734. The van der Waals surface area contributed by atoms with Gasteiger partial charge in [0.1, 0.15) is 0 Å². The second kappa shape index (κ2) is 5.69. The number of carbonyl (C=O) groups excluding carboxylic acids is 4. The summed E-state index contributed by atoms with van der Waals surface area (Å²) in [6, 6.07) is 8.41. The summed E-state index contributed by atoms with van der Waals surface area (Å²) in [6.07, 6.45) is -1.66. The molecule has 1 atom stereocenters. The Morgan fingerprint density at radius 1 is 0.700 bits per heavy atom. The van der Waals surface area contributed by atoms with Crippen LogP contribution < -0.4 is 9.47 Å². The van der Waals surface area contributed by atoms with E-state index in [0.29, 0.717) is 6.42 Å². The third kappa shape index (κ3) is 2.46. The van der Waals surface area contributed by atoms with Gasteiger partial charge < -0.3 is 18.9 Å². The van der Waals surface area contributed by atoms with E-state index in [1.54, 1.807) is 30.3 Å². The Balaban J connectivity index is 1.69. The van der Waals surface area contributed by atoms with Crippen LogP contribution in [0.2, 0.25) is 0 Å². The van der Waals surface area contributed by atoms with Crippen molar-refractivity contribution in [1.29, 1.82) is 0 Å². The Labute approximate surface area is 170 Å². The van der Waals surface area contributed by atoms with Crippen molar-refractivity contribution in [2.45, 2.75) is 38.0 Å². The maximum Gasteiger partial charge on any atom is 0.524 e. The summed E-state index contributed by atoms with van der Waals surface area (Å²) in [5.74, 6) is -1.15. The number of hydrogen-bond donors (Lipinski definition) is 0. The van der Waals surface area contributed by atoms with Gasteiger partial charge >= 0.3 is 24.2 Å². The van der Waals surface area contributed by atoms with Crippen molar-refractivity contribution in [2.75, 3.05) is 0 Å². The van der Waals surface area contributed by atoms with Crippen LogP contribution in [0.1, 0.15) is 64.6 Å². The number of fused-ring (bicyclic) bond motifs is 3. The van der Waals surface area contributed by atoms with E-state index >= 15 is 0 Å². The summed E-state index contributed by atoms with van der Waals surface area (Å²) in [4.78, 5) is 47.1. The molecule has 0 fully saturated rings. The molecule has 8 heteroatoms. The summed E-state index contributed by atoms with van der Waals surface area (Å²) < 4.78 is 19.3. The summed E-state index contributed by atoms with van der Waals surface area (Å²) in [6.45, 7) is 6.11. The first kappa shape index (κ1) is 18.4. The number of benzene rings is 2. The molecule has 8 nitrogen and oxygen atoms in total. The first-order valence-corrected chi connectivity index (χ1v) is 9.30. The van der Waals surface area contributed by atoms with Crippen LogP contribution in [0.3, 0.4) is 0 Å². The Hall–Kier alpha value is -3.68. The van der Waals surface area contributed by atoms with Crippen molar-refractivity contribution < 1.29 is 38.1 Å². The second-order valence-electron chi connectivity index (χ2n) is 8.48. The van der Waals surface area contributed by atoms with Gasteiger partial charge in [0.05, 0.1) is 11.1 Å². The predicted octanol–water partition coefficient (Wildman–Crippen LogP) is 4.01. The van der Waals surface area contributed by atoms with Gasteiger partial charge in [-0.1, -0.05) is 26.8 Å². The van der Waals surface area contributed by atoms with Crippen LogP contribution in [0.4, 0.5) is 9.59 Å². The van der Waals surface area contributed by atoms with Crippen LogP contribution in [0, 0.1) is 0 Å². The summed E-state index contributed by atoms with van der Waals surface area (Å²) >= 11 is 0. The average molecular weight is 408 g/mol. The molecule has 0 amide bonds. The van der Waals surface area contributed by atoms with Gasteiger partial charge in [0, 0.05) is 5.41 Å². The molecule has 0 saturated carbocycles. The SMILES string of the molecule is CC1(C)CC(C)(c2ccc3c(c2)C(=O)OC3=O)c2cc3c(cc21)OC(=O)OC(=O)O3. The van der Waals surface area contributed by atoms with E-state index in [1.165, 1.54) is 0 Å². The van der Waals surface area contributed by atoms with Crippen LogP contribution in [-0.4, -0.2) is 24.2 Å². The van der Waals surface area contributed by atoms with Gasteiger partial charge in [0.25, 0.3) is 0 Å². The molecule has 5 rings (SSSR count). The number of carbonyl (C=O) groups is 4. The van der Waals surface area contributed by atoms with Crippen LogP contribution >= 0.6 is 0 Å². The summed E-state index contributed by atoms with van der Waals surface area (Å²) in [7, 11) is 0. The molecule has 0 N–H and O–H groups in total. The third-order valence-corrected chi connectivity index (χ3v) is 6.04. The number of hydrogen-bond acceptors (Lipinski definition) is 8. The maximum atomic E-state index is 12.1. The minimum atomic E-state index is -1.17. The smallest absolute Gasteiger partial charge is 0.391 e. The fourth-order valence-corrected chi connectivity index (χ4v) is 4.79. The Bertz CT molecular complexity index is 1190. The number of esters is 2. The summed E-state index contributed by atoms with van der Waals surface area (Å²) in [5, 5.41) is 0. The van der Waals surface area contributed by atoms with Crippen LogP contribution in [0.15, 0.2) is 30.3 Å². The zero-order valence-electron chi connectivity index (χ0n) is 16.4. The highest BCUT2D eigenvalue weighted by Gasteiger charge is 2.48. The van der Waals surface area contributed by atoms with Gasteiger partial charge in [-0.15, -0.1) is 0 Å². The third-order valence-electron chi connectivity index (χ3n) is 6.04. The van der Waals surface area contributed by atoms with Crippen LogP contribution in [0.5, 0.6) is 11.5 Å². The topological polar surface area (TPSA) is 105 Å². The quantitative estimate of drug-likeness (QED) is 0.396. The molecule has 2 aromatic carbocycles. The minimum Gasteiger partial charge on any atom is -0.391 e. The second-order valence-corrected chi connectivity index (χ2v) is 8.48. The highest BCUT2D eigenvalue weighted by molar-refractivity contribution is 6.14. The van der Waals surface area contributed by atoms with Gasteiger partial charge in [0.2, 0.25) is 0 Å². The van der Waals surface area contributed by atoms with E-state index < -0.39 is 29.7 Å². The first-order chi connectivity index (χ1) is 14.1. The Morgan fingerprint density at radius 2 is 1.30 bits per heavy atom. The molecule has 3 aliphatic rings. The summed E-state index contributed by atoms with van der Waals surface area (Å²) in [5.41, 5.74) is 2.16. The van der Waals surface area contributed by atoms with Gasteiger partial charge in [-0.25, -0.2) is 19.2 Å². The Kier molecular flexibility index (Phi) is 3.48. The molecule has 152 valence electrons. The monoisotopic (exact) mass is 408 g/mol. The molecule has 0 aromatic heterocycles. The fraction of sp³-hybridized carbons (Fsp3) is 0.273. The maximum absolute atomic E-state index is 12.1. The average Bonchev–Trinajstić information content (AvgIpc) is 2.98. The van der Waals surface area contributed by atoms with Crippen molar-refractivity contribution in [1.82, 2.24) is 0 Å². The molecule has 2 heterocycles. The molecule has 0 spiro atoms. The number of ether oxygens (including phenoxy) is 4. The van der Waals surface area contributed by atoms with E-state index in [9.17, 15) is 19.2 Å². The van der Waals surface area contributed by atoms with Gasteiger partial charge in [0.15, 0.2) is 11.5 Å². The van der Waals surface area contributed by atoms with Crippen molar-refractivity contribution in [2.24, 2.45) is 0 Å². The highest BCUT2D eigenvalue weighted by atomic mass is 16.8. The van der Waals surface area contributed by atoms with E-state index in [2.05, 4.69) is 18.6 Å². The molecule has 0 saturated heterocycles. The van der Waals surface area contributed by atoms with Gasteiger partial charge in [-0.05, 0) is 52.8 Å². The van der Waals surface area contributed by atoms with E-state index in [1.807, 2.05) is 6.92 Å². The lowest BCUT2D eigenvalue weighted by Crippen LogP contribution is -2.24. The lowest BCUT2D eigenvalue weighted by Gasteiger charge is -2.28. The van der Waals surface area contributed by atoms with Crippen molar-refractivity contribution in [3.8, 4) is 11.5 Å². The van der Waals surface area contributed by atoms with Gasteiger partial charge in [-0.2, -0.15) is 0 Å². The lowest BCUT2D eigenvalue weighted by atomic mass is 9.74. The fourth-order valence-electron chi connectivity index (χ4n) is 4.79. The molecule has 2 aliphatic heterocycles. The van der Waals surface area contributed by atoms with E-state index in [-0.39, 0.29) is 28.0 Å². The molecule has 0 radical (unpaired) electrons. The largest absolute Gasteiger partial charge is 0.524 e. The molecule has 30 heavy (non-hydrogen) atoms. The van der Waals surface area contributed by atoms with E-state index in [4.69, 9.17) is 14.2 Å². The zero-order valence-corrected chi connectivity index (χ0v) is 16.4. The van der Waals surface area contributed by atoms with Crippen molar-refractivity contribution in [3.05, 3.63) is 58.1 Å². The van der Waals surface area contributed by atoms with Crippen molar-refractivity contribution >= 4 is 24.2 Å². The molecular weight excluding hydrogens is 392 g/mol. The predicted molar refractivity (Wildman–Crippen MR) is 99.9 cm³/mol. The first-order valence-electron chi connectivity index (χ1n) is 9.30. The lowest BCUT2D eigenvalue weighted by molar-refractivity contribution is 0.0443. The number of rotatable bonds is 1. The molecule has 1 aliphatic carbocycles. The normalized spacial score (nSPS) is 23.4. The highest BCUT2D eigenvalue weighted by Crippen LogP contribution is 2.55. The molecule has 1 unspecified atom stereocenters. The van der Waals surface area contributed by atoms with E-state index in [0.717, 1.165) is 16.7 Å². The number of cyclic esters (lactones) is 4. The van der Waals surface area contributed by atoms with Crippen LogP contribution in [-0.2, 0) is 20.3 Å². The zero-order chi connectivity index (χ0) is 21.4. The Morgan fingerprint density at radius 3 is 1.97 bits per heavy atom. The standard InChI is InChI=1S/C22H16O8/c1-21(2)9-22(3,10-4-5-11-12(6-10)18(24)29-17(11)23)14-8-16-15(7-13(14)21)27-19(25)30-20(26)28-16/h4-8H,9H2,1-3H3. The van der Waals surface area contributed by atoms with Crippen molar-refractivity contribution in [3.63, 3.8) is 0 Å². The molecule has 0 bridgehead atoms.